The average Bonchev–Trinajstić information content (AvgIpc) is 2.07. The van der Waals surface area contributed by atoms with E-state index in [4.69, 9.17) is 4.43 Å². The molecular formula is C10H12I2O2Si. The minimum atomic E-state index is -1.66. The van der Waals surface area contributed by atoms with Crippen molar-refractivity contribution in [2.75, 3.05) is 0 Å². The fourth-order valence-corrected chi connectivity index (χ4v) is 4.13. The first kappa shape index (κ1) is 13.4. The van der Waals surface area contributed by atoms with Crippen LogP contribution in [0, 0.1) is 7.14 Å². The molecule has 0 aliphatic rings. The van der Waals surface area contributed by atoms with Crippen LogP contribution in [0.3, 0.4) is 0 Å². The van der Waals surface area contributed by atoms with E-state index in [0.29, 0.717) is 5.56 Å². The summed E-state index contributed by atoms with van der Waals surface area (Å²) in [6.45, 7) is 6.32. The number of hydrogen-bond acceptors (Lipinski definition) is 2. The molecule has 0 atom stereocenters. The molecule has 0 saturated carbocycles. The third-order valence-electron chi connectivity index (χ3n) is 1.57. The Morgan fingerprint density at radius 1 is 1.27 bits per heavy atom. The highest BCUT2D eigenvalue weighted by Crippen LogP contribution is 2.29. The zero-order valence-electron chi connectivity index (χ0n) is 8.80. The number of benzene rings is 1. The topological polar surface area (TPSA) is 26.3 Å². The molecule has 1 rings (SSSR count). The first-order valence-electron chi connectivity index (χ1n) is 4.47. The SMILES string of the molecule is C[Si](C)(C)Oc1c(I)cc(I)cc1C=O. The maximum absolute atomic E-state index is 10.9. The molecule has 0 fully saturated rings. The van der Waals surface area contributed by atoms with Crippen LogP contribution in [0.25, 0.3) is 0 Å². The van der Waals surface area contributed by atoms with Crippen LogP contribution in [-0.4, -0.2) is 14.6 Å². The number of carbonyl (C=O) groups excluding carboxylic acids is 1. The van der Waals surface area contributed by atoms with E-state index >= 15 is 0 Å². The van der Waals surface area contributed by atoms with Crippen molar-refractivity contribution in [1.29, 1.82) is 0 Å². The van der Waals surface area contributed by atoms with Gasteiger partial charge in [-0.3, -0.25) is 4.79 Å². The van der Waals surface area contributed by atoms with Crippen LogP contribution in [0.1, 0.15) is 10.4 Å². The summed E-state index contributed by atoms with van der Waals surface area (Å²) in [5, 5.41) is 0. The van der Waals surface area contributed by atoms with Crippen LogP contribution < -0.4 is 4.43 Å². The van der Waals surface area contributed by atoms with Gasteiger partial charge in [-0.05, 0) is 77.0 Å². The monoisotopic (exact) mass is 446 g/mol. The highest BCUT2D eigenvalue weighted by molar-refractivity contribution is 14.1. The first-order chi connectivity index (χ1) is 6.83. The van der Waals surface area contributed by atoms with Crippen LogP contribution in [0.5, 0.6) is 5.75 Å². The van der Waals surface area contributed by atoms with Gasteiger partial charge in [0.15, 0.2) is 6.29 Å². The fraction of sp³-hybridized carbons (Fsp3) is 0.300. The minimum absolute atomic E-state index is 0.647. The van der Waals surface area contributed by atoms with Gasteiger partial charge in [-0.25, -0.2) is 0 Å². The maximum atomic E-state index is 10.9. The van der Waals surface area contributed by atoms with Crippen LogP contribution in [-0.2, 0) is 0 Å². The van der Waals surface area contributed by atoms with Crippen molar-refractivity contribution in [3.63, 3.8) is 0 Å². The van der Waals surface area contributed by atoms with Gasteiger partial charge < -0.3 is 4.43 Å². The van der Waals surface area contributed by atoms with Gasteiger partial charge in [0, 0.05) is 3.57 Å². The quantitative estimate of drug-likeness (QED) is 0.400. The lowest BCUT2D eigenvalue weighted by Crippen LogP contribution is -2.30. The molecule has 82 valence electrons. The molecule has 0 aliphatic heterocycles. The molecule has 1 aromatic carbocycles. The summed E-state index contributed by atoms with van der Waals surface area (Å²) in [7, 11) is -1.66. The number of carbonyl (C=O) groups is 1. The Morgan fingerprint density at radius 2 is 1.87 bits per heavy atom. The van der Waals surface area contributed by atoms with Gasteiger partial charge in [0.1, 0.15) is 5.75 Å². The lowest BCUT2D eigenvalue weighted by molar-refractivity contribution is 0.112. The lowest BCUT2D eigenvalue weighted by Gasteiger charge is -2.21. The largest absolute Gasteiger partial charge is 0.543 e. The van der Waals surface area contributed by atoms with Crippen molar-refractivity contribution in [1.82, 2.24) is 0 Å². The second-order valence-electron chi connectivity index (χ2n) is 4.14. The van der Waals surface area contributed by atoms with Gasteiger partial charge in [0.2, 0.25) is 8.32 Å². The molecule has 0 radical (unpaired) electrons. The predicted octanol–water partition coefficient (Wildman–Crippen LogP) is 3.92. The van der Waals surface area contributed by atoms with Crippen molar-refractivity contribution in [2.45, 2.75) is 19.6 Å². The Balaban J connectivity index is 3.21. The molecule has 0 bridgehead atoms. The Labute approximate surface area is 118 Å². The van der Waals surface area contributed by atoms with Gasteiger partial charge in [-0.2, -0.15) is 0 Å². The standard InChI is InChI=1S/C10H12I2O2Si/c1-15(2,3)14-10-7(6-13)4-8(11)5-9(10)12/h4-6H,1-3H3. The van der Waals surface area contributed by atoms with Gasteiger partial charge >= 0.3 is 0 Å². The van der Waals surface area contributed by atoms with E-state index in [1.807, 2.05) is 12.1 Å². The molecule has 1 aromatic rings. The predicted molar refractivity (Wildman–Crippen MR) is 81.2 cm³/mol. The Morgan fingerprint density at radius 3 is 2.33 bits per heavy atom. The summed E-state index contributed by atoms with van der Waals surface area (Å²) in [4.78, 5) is 10.9. The minimum Gasteiger partial charge on any atom is -0.543 e. The molecule has 5 heteroatoms. The number of aldehydes is 1. The average molecular weight is 446 g/mol. The molecule has 0 N–H and O–H groups in total. The van der Waals surface area contributed by atoms with Crippen LogP contribution in [0.2, 0.25) is 19.6 Å². The summed E-state index contributed by atoms with van der Waals surface area (Å²) in [6, 6.07) is 3.87. The van der Waals surface area contributed by atoms with E-state index in [9.17, 15) is 4.79 Å². The molecule has 0 aromatic heterocycles. The number of halogens is 2. The maximum Gasteiger partial charge on any atom is 0.242 e. The van der Waals surface area contributed by atoms with E-state index < -0.39 is 8.32 Å². The third-order valence-corrected chi connectivity index (χ3v) is 3.81. The molecule has 0 saturated heterocycles. The first-order valence-corrected chi connectivity index (χ1v) is 10.0. The van der Waals surface area contributed by atoms with Crippen molar-refractivity contribution in [3.05, 3.63) is 24.8 Å². The van der Waals surface area contributed by atoms with Crippen molar-refractivity contribution < 1.29 is 9.22 Å². The molecule has 0 amide bonds. The third kappa shape index (κ3) is 4.02. The molecular weight excluding hydrogens is 434 g/mol. The molecule has 15 heavy (non-hydrogen) atoms. The molecule has 2 nitrogen and oxygen atoms in total. The number of rotatable bonds is 3. The zero-order valence-corrected chi connectivity index (χ0v) is 14.1. The summed E-state index contributed by atoms with van der Waals surface area (Å²) in [5.74, 6) is 0.741. The van der Waals surface area contributed by atoms with Crippen LogP contribution in [0.4, 0.5) is 0 Å². The smallest absolute Gasteiger partial charge is 0.242 e. The van der Waals surface area contributed by atoms with Crippen LogP contribution in [0.15, 0.2) is 12.1 Å². The summed E-state index contributed by atoms with van der Waals surface area (Å²) >= 11 is 4.41. The molecule has 0 heterocycles. The van der Waals surface area contributed by atoms with Gasteiger partial charge in [-0.1, -0.05) is 0 Å². The summed E-state index contributed by atoms with van der Waals surface area (Å²) in [6.07, 6.45) is 0.861. The van der Waals surface area contributed by atoms with Gasteiger partial charge in [0.05, 0.1) is 9.13 Å². The summed E-state index contributed by atoms with van der Waals surface area (Å²) in [5.41, 5.74) is 0.647. The van der Waals surface area contributed by atoms with E-state index in [-0.39, 0.29) is 0 Å². The molecule has 0 spiro atoms. The Kier molecular flexibility index (Phi) is 4.59. The molecule has 0 unspecified atom stereocenters. The molecule has 0 aliphatic carbocycles. The number of hydrogen-bond donors (Lipinski definition) is 0. The summed E-state index contributed by atoms with van der Waals surface area (Å²) < 4.78 is 7.97. The van der Waals surface area contributed by atoms with E-state index in [1.165, 1.54) is 0 Å². The lowest BCUT2D eigenvalue weighted by atomic mass is 10.2. The zero-order chi connectivity index (χ0) is 11.6. The van der Waals surface area contributed by atoms with Crippen molar-refractivity contribution in [3.8, 4) is 5.75 Å². The Hall–Kier alpha value is 0.367. The van der Waals surface area contributed by atoms with Crippen LogP contribution >= 0.6 is 45.2 Å². The second kappa shape index (κ2) is 5.13. The van der Waals surface area contributed by atoms with E-state index in [2.05, 4.69) is 64.8 Å². The normalized spacial score (nSPS) is 11.3. The second-order valence-corrected chi connectivity index (χ2v) is 11.0. The highest BCUT2D eigenvalue weighted by atomic mass is 127. The fourth-order valence-electron chi connectivity index (χ4n) is 1.08. The van der Waals surface area contributed by atoms with Crippen molar-refractivity contribution >= 4 is 59.8 Å². The van der Waals surface area contributed by atoms with Crippen molar-refractivity contribution in [2.24, 2.45) is 0 Å². The van der Waals surface area contributed by atoms with Gasteiger partial charge in [-0.15, -0.1) is 0 Å². The van der Waals surface area contributed by atoms with Gasteiger partial charge in [0.25, 0.3) is 0 Å². The van der Waals surface area contributed by atoms with E-state index in [1.54, 1.807) is 0 Å². The Bertz CT molecular complexity index is 386. The van der Waals surface area contributed by atoms with E-state index in [0.717, 1.165) is 19.2 Å². The highest BCUT2D eigenvalue weighted by Gasteiger charge is 2.20.